The number of piperazine rings is 1. The van der Waals surface area contributed by atoms with Gasteiger partial charge in [0, 0.05) is 45.3 Å². The molecule has 2 fully saturated rings. The maximum Gasteiger partial charge on any atom is 0.303 e. The first-order valence-electron chi connectivity index (χ1n) is 13.7. The van der Waals surface area contributed by atoms with E-state index in [-0.39, 0.29) is 24.1 Å². The number of rotatable bonds is 8. The van der Waals surface area contributed by atoms with Crippen molar-refractivity contribution in [2.45, 2.75) is 32.6 Å². The zero-order valence-electron chi connectivity index (χ0n) is 23.6. The Kier molecular flexibility index (Phi) is 9.57. The Balaban J connectivity index is 1.50. The van der Waals surface area contributed by atoms with Gasteiger partial charge in [0.2, 0.25) is 11.8 Å². The number of likely N-dealkylation sites (tertiary alicyclic amines) is 1. The molecular formula is C29H36N5O6S. The van der Waals surface area contributed by atoms with Gasteiger partial charge in [0.25, 0.3) is 5.69 Å². The Labute approximate surface area is 241 Å². The van der Waals surface area contributed by atoms with E-state index in [2.05, 4.69) is 10.8 Å². The fraction of sp³-hybridized carbons (Fsp3) is 0.448. The molecule has 1 atom stereocenters. The van der Waals surface area contributed by atoms with Crippen molar-refractivity contribution in [2.24, 2.45) is 5.92 Å². The molecule has 2 amide bonds. The number of carbonyl (C=O) groups excluding carboxylic acids is 2. The highest BCUT2D eigenvalue weighted by Gasteiger charge is 2.33. The van der Waals surface area contributed by atoms with Crippen molar-refractivity contribution < 1.29 is 22.9 Å². The van der Waals surface area contributed by atoms with Crippen LogP contribution >= 0.6 is 0 Å². The number of nitro groups is 1. The van der Waals surface area contributed by atoms with Crippen molar-refractivity contribution >= 4 is 33.8 Å². The van der Waals surface area contributed by atoms with E-state index in [0.717, 1.165) is 5.56 Å². The number of benzene rings is 2. The molecule has 2 heterocycles. The van der Waals surface area contributed by atoms with Crippen molar-refractivity contribution in [2.75, 3.05) is 46.3 Å². The van der Waals surface area contributed by atoms with Crippen LogP contribution in [0.5, 0.6) is 0 Å². The van der Waals surface area contributed by atoms with Gasteiger partial charge in [-0.1, -0.05) is 44.2 Å². The number of nitro benzene ring substituents is 1. The first-order chi connectivity index (χ1) is 19.5. The summed E-state index contributed by atoms with van der Waals surface area (Å²) >= 11 is 0. The fourth-order valence-corrected chi connectivity index (χ4v) is 6.45. The van der Waals surface area contributed by atoms with Crippen LogP contribution in [0.1, 0.15) is 43.7 Å². The van der Waals surface area contributed by atoms with Crippen molar-refractivity contribution in [3.63, 3.8) is 0 Å². The quantitative estimate of drug-likeness (QED) is 0.287. The van der Waals surface area contributed by atoms with Crippen molar-refractivity contribution in [1.82, 2.24) is 18.8 Å². The highest BCUT2D eigenvalue weighted by molar-refractivity contribution is 7.87. The molecule has 41 heavy (non-hydrogen) atoms. The highest BCUT2D eigenvalue weighted by atomic mass is 32.2. The molecule has 0 aromatic heterocycles. The molecule has 0 spiro atoms. The molecule has 1 unspecified atom stereocenters. The van der Waals surface area contributed by atoms with E-state index >= 15 is 0 Å². The lowest BCUT2D eigenvalue weighted by atomic mass is 9.89. The van der Waals surface area contributed by atoms with Crippen molar-refractivity contribution in [1.29, 1.82) is 0 Å². The Morgan fingerprint density at radius 2 is 1.83 bits per heavy atom. The number of piperidine rings is 1. The van der Waals surface area contributed by atoms with E-state index in [1.165, 1.54) is 21.3 Å². The van der Waals surface area contributed by atoms with Crippen LogP contribution in [0.3, 0.4) is 0 Å². The standard InChI is InChI=1S/C29H36N5O6S/c1-21(2)24-10-4-5-11-25(24)28-22(8-6-12-26(28)34(37)38)13-14-27(35)32-15-7-9-23(20-32)29(36)30-41(39,40)33-18-16-31(3)17-19-33/h4-6,8,10-11,13-14,21,23H,7,9,15-20H2,1-3H3,(H,30,36)/b14-13+. The third-order valence-electron chi connectivity index (χ3n) is 7.58. The lowest BCUT2D eigenvalue weighted by Crippen LogP contribution is -2.54. The number of likely N-dealkylation sites (N-methyl/N-ethyl adjacent to an activating group) is 1. The predicted octanol–water partition coefficient (Wildman–Crippen LogP) is 3.05. The van der Waals surface area contributed by atoms with E-state index in [4.69, 9.17) is 0 Å². The van der Waals surface area contributed by atoms with Crippen LogP contribution in [-0.4, -0.2) is 85.6 Å². The van der Waals surface area contributed by atoms with Crippen LogP contribution in [0, 0.1) is 22.1 Å². The van der Waals surface area contributed by atoms with E-state index < -0.39 is 27.0 Å². The molecule has 4 rings (SSSR count). The molecular weight excluding hydrogens is 546 g/mol. The fourth-order valence-electron chi connectivity index (χ4n) is 5.26. The first-order valence-corrected chi connectivity index (χ1v) is 15.2. The normalized spacial score (nSPS) is 19.0. The number of hydrogen-bond donors (Lipinski definition) is 1. The third-order valence-corrected chi connectivity index (χ3v) is 9.09. The molecule has 2 aliphatic heterocycles. The Morgan fingerprint density at radius 3 is 2.51 bits per heavy atom. The number of amides is 2. The molecule has 1 radical (unpaired) electrons. The number of nitrogens with zero attached hydrogens (tertiary/aromatic N) is 4. The second-order valence-electron chi connectivity index (χ2n) is 10.8. The van der Waals surface area contributed by atoms with Gasteiger partial charge < -0.3 is 9.80 Å². The van der Waals surface area contributed by atoms with E-state index in [1.54, 1.807) is 12.1 Å². The van der Waals surface area contributed by atoms with E-state index in [9.17, 15) is 28.1 Å². The Morgan fingerprint density at radius 1 is 1.12 bits per heavy atom. The molecule has 2 aromatic rings. The monoisotopic (exact) mass is 582 g/mol. The molecule has 0 aliphatic carbocycles. The average Bonchev–Trinajstić information content (AvgIpc) is 2.95. The van der Waals surface area contributed by atoms with Gasteiger partial charge in [0.05, 0.1) is 22.5 Å². The van der Waals surface area contributed by atoms with Crippen LogP contribution in [0.4, 0.5) is 5.69 Å². The highest BCUT2D eigenvalue weighted by Crippen LogP contribution is 2.38. The number of nitrogens with one attached hydrogen (secondary N) is 1. The lowest BCUT2D eigenvalue weighted by molar-refractivity contribution is -0.384. The zero-order chi connectivity index (χ0) is 29.7. The summed E-state index contributed by atoms with van der Waals surface area (Å²) in [5.74, 6) is -1.53. The minimum atomic E-state index is -3.96. The van der Waals surface area contributed by atoms with Gasteiger partial charge in [0.15, 0.2) is 0 Å². The summed E-state index contributed by atoms with van der Waals surface area (Å²) in [6.45, 7) is 6.30. The molecule has 2 saturated heterocycles. The Hall–Kier alpha value is -3.61. The topological polar surface area (TPSA) is 133 Å². The summed E-state index contributed by atoms with van der Waals surface area (Å²) in [7, 11) is -2.05. The summed E-state index contributed by atoms with van der Waals surface area (Å²) in [6, 6.07) is 13.3. The first kappa shape index (κ1) is 30.4. The van der Waals surface area contributed by atoms with Gasteiger partial charge in [-0.05, 0) is 54.6 Å². The molecule has 1 N–H and O–H groups in total. The maximum atomic E-state index is 13.2. The van der Waals surface area contributed by atoms with Crippen LogP contribution in [-0.2, 0) is 19.8 Å². The van der Waals surface area contributed by atoms with E-state index in [0.29, 0.717) is 62.3 Å². The molecule has 2 aliphatic rings. The molecule has 12 heteroatoms. The summed E-state index contributed by atoms with van der Waals surface area (Å²) in [6.07, 6.45) is 3.92. The summed E-state index contributed by atoms with van der Waals surface area (Å²) in [5, 5.41) is 11.9. The maximum absolute atomic E-state index is 13.2. The largest absolute Gasteiger partial charge is 0.338 e. The minimum Gasteiger partial charge on any atom is -0.338 e. The van der Waals surface area contributed by atoms with Crippen molar-refractivity contribution in [3.05, 3.63) is 69.8 Å². The van der Waals surface area contributed by atoms with Crippen LogP contribution in [0.15, 0.2) is 42.5 Å². The minimum absolute atomic E-state index is 0.0824. The van der Waals surface area contributed by atoms with Crippen LogP contribution in [0.2, 0.25) is 0 Å². The second kappa shape index (κ2) is 12.9. The van der Waals surface area contributed by atoms with Gasteiger partial charge in [-0.15, -0.1) is 0 Å². The third kappa shape index (κ3) is 7.19. The Bertz CT molecular complexity index is 1430. The van der Waals surface area contributed by atoms with Gasteiger partial charge in [0.1, 0.15) is 0 Å². The molecule has 0 bridgehead atoms. The van der Waals surface area contributed by atoms with Crippen LogP contribution < -0.4 is 4.72 Å². The molecule has 11 nitrogen and oxygen atoms in total. The van der Waals surface area contributed by atoms with Gasteiger partial charge in [-0.3, -0.25) is 19.7 Å². The summed E-state index contributed by atoms with van der Waals surface area (Å²) in [5.41, 5.74) is 2.35. The molecule has 0 saturated carbocycles. The molecule has 219 valence electrons. The predicted molar refractivity (Wildman–Crippen MR) is 156 cm³/mol. The smallest absolute Gasteiger partial charge is 0.303 e. The number of carbonyl (C=O) groups is 2. The average molecular weight is 583 g/mol. The number of hydrogen-bond acceptors (Lipinski definition) is 7. The van der Waals surface area contributed by atoms with Crippen LogP contribution in [0.25, 0.3) is 17.2 Å². The van der Waals surface area contributed by atoms with E-state index in [1.807, 2.05) is 50.1 Å². The SMILES string of the molecule is CC(C)c1ccccc1-c1c([N+](=O)[O-])[c]ccc1/C=C/C(=O)N1CCCC(C(=O)NS(=O)(=O)N2CCN(C)CC2)C1. The summed E-state index contributed by atoms with van der Waals surface area (Å²) in [4.78, 5) is 41.1. The zero-order valence-corrected chi connectivity index (χ0v) is 24.4. The van der Waals surface area contributed by atoms with Gasteiger partial charge >= 0.3 is 10.2 Å². The van der Waals surface area contributed by atoms with Gasteiger partial charge in [-0.2, -0.15) is 12.7 Å². The lowest BCUT2D eigenvalue weighted by Gasteiger charge is -2.33. The molecule has 2 aromatic carbocycles. The second-order valence-corrected chi connectivity index (χ2v) is 12.5. The summed E-state index contributed by atoms with van der Waals surface area (Å²) < 4.78 is 29.0. The van der Waals surface area contributed by atoms with Gasteiger partial charge in [-0.25, -0.2) is 4.72 Å². The van der Waals surface area contributed by atoms with Crippen molar-refractivity contribution in [3.8, 4) is 11.1 Å².